The van der Waals surface area contributed by atoms with Gasteiger partial charge in [0.15, 0.2) is 5.22 Å². The Morgan fingerprint density at radius 3 is 2.72 bits per heavy atom. The van der Waals surface area contributed by atoms with Gasteiger partial charge in [-0.25, -0.2) is 5.43 Å². The quantitative estimate of drug-likeness (QED) is 0.645. The number of para-hydroxylation sites is 1. The molecule has 1 aromatic heterocycles. The molecular weight excluding hydrogens is 252 g/mol. The van der Waals surface area contributed by atoms with Gasteiger partial charge in [-0.1, -0.05) is 18.2 Å². The standard InChI is InChI=1S/C13H15ClN2O2/c1-2-17-10-6-4-3-5-9(10)13(16-15)11-7-8-12(14)18-11/h3-8,13,16H,2,15H2,1H3. The Bertz CT molecular complexity index is 513. The third-order valence-electron chi connectivity index (χ3n) is 2.58. The molecule has 0 fully saturated rings. The molecule has 0 aliphatic heterocycles. The van der Waals surface area contributed by atoms with Crippen LogP contribution in [-0.4, -0.2) is 6.61 Å². The Balaban J connectivity index is 2.38. The Kier molecular flexibility index (Phi) is 4.25. The molecule has 18 heavy (non-hydrogen) atoms. The third-order valence-corrected chi connectivity index (χ3v) is 2.78. The molecule has 0 radical (unpaired) electrons. The van der Waals surface area contributed by atoms with Gasteiger partial charge in [-0.3, -0.25) is 5.84 Å². The fourth-order valence-corrected chi connectivity index (χ4v) is 1.97. The molecular formula is C13H15ClN2O2. The van der Waals surface area contributed by atoms with E-state index in [2.05, 4.69) is 5.43 Å². The van der Waals surface area contributed by atoms with E-state index in [1.54, 1.807) is 12.1 Å². The summed E-state index contributed by atoms with van der Waals surface area (Å²) in [4.78, 5) is 0. The van der Waals surface area contributed by atoms with Crippen LogP contribution in [0.1, 0.15) is 24.3 Å². The van der Waals surface area contributed by atoms with E-state index in [9.17, 15) is 0 Å². The second kappa shape index (κ2) is 5.91. The lowest BCUT2D eigenvalue weighted by Gasteiger charge is -2.17. The maximum Gasteiger partial charge on any atom is 0.193 e. The predicted octanol–water partition coefficient (Wildman–Crippen LogP) is 2.88. The van der Waals surface area contributed by atoms with Crippen molar-refractivity contribution in [3.05, 3.63) is 52.9 Å². The van der Waals surface area contributed by atoms with Gasteiger partial charge in [0.25, 0.3) is 0 Å². The fourth-order valence-electron chi connectivity index (χ4n) is 1.81. The van der Waals surface area contributed by atoms with Gasteiger partial charge in [-0.15, -0.1) is 0 Å². The van der Waals surface area contributed by atoms with Crippen LogP contribution < -0.4 is 16.0 Å². The van der Waals surface area contributed by atoms with E-state index >= 15 is 0 Å². The number of rotatable bonds is 5. The SMILES string of the molecule is CCOc1ccccc1C(NN)c1ccc(Cl)o1. The van der Waals surface area contributed by atoms with Gasteiger partial charge in [0.2, 0.25) is 0 Å². The molecule has 2 rings (SSSR count). The number of furan rings is 1. The van der Waals surface area contributed by atoms with Crippen molar-refractivity contribution in [2.24, 2.45) is 5.84 Å². The Hall–Kier alpha value is -1.49. The Morgan fingerprint density at radius 2 is 2.11 bits per heavy atom. The van der Waals surface area contributed by atoms with Crippen LogP contribution in [0.15, 0.2) is 40.8 Å². The van der Waals surface area contributed by atoms with Gasteiger partial charge >= 0.3 is 0 Å². The van der Waals surface area contributed by atoms with Crippen LogP contribution in [0.4, 0.5) is 0 Å². The Labute approximate surface area is 111 Å². The largest absolute Gasteiger partial charge is 0.494 e. The minimum Gasteiger partial charge on any atom is -0.494 e. The number of hydrazine groups is 1. The molecule has 1 aromatic carbocycles. The zero-order valence-corrected chi connectivity index (χ0v) is 10.8. The first kappa shape index (κ1) is 13.0. The van der Waals surface area contributed by atoms with Gasteiger partial charge in [0.05, 0.1) is 6.61 Å². The molecule has 0 amide bonds. The van der Waals surface area contributed by atoms with Crippen LogP contribution in [0.5, 0.6) is 5.75 Å². The first-order chi connectivity index (χ1) is 8.76. The molecule has 96 valence electrons. The summed E-state index contributed by atoms with van der Waals surface area (Å²) >= 11 is 5.78. The zero-order chi connectivity index (χ0) is 13.0. The normalized spacial score (nSPS) is 12.4. The van der Waals surface area contributed by atoms with Crippen LogP contribution in [0.25, 0.3) is 0 Å². The van der Waals surface area contributed by atoms with Crippen molar-refractivity contribution in [1.82, 2.24) is 5.43 Å². The van der Waals surface area contributed by atoms with E-state index in [4.69, 9.17) is 26.6 Å². The van der Waals surface area contributed by atoms with E-state index in [0.29, 0.717) is 17.6 Å². The van der Waals surface area contributed by atoms with Gasteiger partial charge in [0.1, 0.15) is 17.6 Å². The summed E-state index contributed by atoms with van der Waals surface area (Å²) in [5.74, 6) is 7.02. The van der Waals surface area contributed by atoms with Crippen molar-refractivity contribution in [2.45, 2.75) is 13.0 Å². The highest BCUT2D eigenvalue weighted by Gasteiger charge is 2.19. The van der Waals surface area contributed by atoms with Crippen molar-refractivity contribution < 1.29 is 9.15 Å². The highest BCUT2D eigenvalue weighted by Crippen LogP contribution is 2.31. The summed E-state index contributed by atoms with van der Waals surface area (Å²) in [6.45, 7) is 2.53. The minimum atomic E-state index is -0.291. The van der Waals surface area contributed by atoms with Crippen molar-refractivity contribution in [1.29, 1.82) is 0 Å². The number of hydrogen-bond acceptors (Lipinski definition) is 4. The molecule has 1 heterocycles. The third kappa shape index (κ3) is 2.67. The molecule has 2 aromatic rings. The first-order valence-corrected chi connectivity index (χ1v) is 6.07. The number of benzene rings is 1. The first-order valence-electron chi connectivity index (χ1n) is 5.69. The summed E-state index contributed by atoms with van der Waals surface area (Å²) in [6.07, 6.45) is 0. The lowest BCUT2D eigenvalue weighted by Crippen LogP contribution is -2.28. The van der Waals surface area contributed by atoms with Crippen LogP contribution in [0.2, 0.25) is 5.22 Å². The molecule has 0 spiro atoms. The van der Waals surface area contributed by atoms with Crippen molar-refractivity contribution in [3.8, 4) is 5.75 Å². The second-order valence-corrected chi connectivity index (χ2v) is 4.08. The maximum atomic E-state index is 5.78. The number of halogens is 1. The average Bonchev–Trinajstić information content (AvgIpc) is 2.79. The van der Waals surface area contributed by atoms with E-state index in [1.165, 1.54) is 0 Å². The number of nitrogens with one attached hydrogen (secondary N) is 1. The lowest BCUT2D eigenvalue weighted by molar-refractivity contribution is 0.330. The summed E-state index contributed by atoms with van der Waals surface area (Å²) in [6, 6.07) is 10.9. The van der Waals surface area contributed by atoms with E-state index in [-0.39, 0.29) is 6.04 Å². The predicted molar refractivity (Wildman–Crippen MR) is 70.5 cm³/mol. The molecule has 5 heteroatoms. The molecule has 0 bridgehead atoms. The fraction of sp³-hybridized carbons (Fsp3) is 0.231. The van der Waals surface area contributed by atoms with Crippen molar-refractivity contribution in [3.63, 3.8) is 0 Å². The van der Waals surface area contributed by atoms with Gasteiger partial charge in [0, 0.05) is 5.56 Å². The number of nitrogens with two attached hydrogens (primary N) is 1. The van der Waals surface area contributed by atoms with Gasteiger partial charge < -0.3 is 9.15 Å². The van der Waals surface area contributed by atoms with Crippen LogP contribution in [0, 0.1) is 0 Å². The highest BCUT2D eigenvalue weighted by molar-refractivity contribution is 6.28. The van der Waals surface area contributed by atoms with Crippen molar-refractivity contribution >= 4 is 11.6 Å². The van der Waals surface area contributed by atoms with Crippen molar-refractivity contribution in [2.75, 3.05) is 6.61 Å². The van der Waals surface area contributed by atoms with Gasteiger partial charge in [-0.2, -0.15) is 0 Å². The highest BCUT2D eigenvalue weighted by atomic mass is 35.5. The molecule has 0 aliphatic rings. The van der Waals surface area contributed by atoms with Gasteiger partial charge in [-0.05, 0) is 36.7 Å². The number of ether oxygens (including phenoxy) is 1. The maximum absolute atomic E-state index is 5.78. The average molecular weight is 267 g/mol. The summed E-state index contributed by atoms with van der Waals surface area (Å²) in [5, 5.41) is 0.333. The summed E-state index contributed by atoms with van der Waals surface area (Å²) < 4.78 is 11.0. The van der Waals surface area contributed by atoms with Crippen LogP contribution >= 0.6 is 11.6 Å². The van der Waals surface area contributed by atoms with E-state index in [0.717, 1.165) is 11.3 Å². The monoisotopic (exact) mass is 266 g/mol. The number of hydrogen-bond donors (Lipinski definition) is 2. The van der Waals surface area contributed by atoms with E-state index in [1.807, 2.05) is 31.2 Å². The molecule has 4 nitrogen and oxygen atoms in total. The smallest absolute Gasteiger partial charge is 0.193 e. The molecule has 0 aliphatic carbocycles. The molecule has 1 unspecified atom stereocenters. The topological polar surface area (TPSA) is 60.4 Å². The van der Waals surface area contributed by atoms with E-state index < -0.39 is 0 Å². The molecule has 1 atom stereocenters. The summed E-state index contributed by atoms with van der Waals surface area (Å²) in [5.41, 5.74) is 3.62. The zero-order valence-electron chi connectivity index (χ0n) is 10.0. The molecule has 0 saturated heterocycles. The molecule has 3 N–H and O–H groups in total. The summed E-state index contributed by atoms with van der Waals surface area (Å²) in [7, 11) is 0. The van der Waals surface area contributed by atoms with Crippen LogP contribution in [-0.2, 0) is 0 Å². The van der Waals surface area contributed by atoms with Crippen LogP contribution in [0.3, 0.4) is 0 Å². The minimum absolute atomic E-state index is 0.291. The second-order valence-electron chi connectivity index (χ2n) is 3.71. The molecule has 0 saturated carbocycles. The lowest BCUT2D eigenvalue weighted by atomic mass is 10.0. The Morgan fingerprint density at radius 1 is 1.33 bits per heavy atom.